The van der Waals surface area contributed by atoms with Gasteiger partial charge in [-0.1, -0.05) is 6.92 Å². The number of amides is 1. The van der Waals surface area contributed by atoms with E-state index in [2.05, 4.69) is 0 Å². The molecule has 1 amide bonds. The molecule has 0 spiro atoms. The Kier molecular flexibility index (Phi) is 4.88. The van der Waals surface area contributed by atoms with Crippen LogP contribution in [0, 0.1) is 0 Å². The fourth-order valence-corrected chi connectivity index (χ4v) is 0.793. The third-order valence-corrected chi connectivity index (χ3v) is 1.57. The van der Waals surface area contributed by atoms with Gasteiger partial charge in [0.2, 0.25) is 5.91 Å². The normalized spacial score (nSPS) is 12.4. The Morgan fingerprint density at radius 1 is 1.67 bits per heavy atom. The molecule has 0 rings (SSSR count). The van der Waals surface area contributed by atoms with Gasteiger partial charge in [-0.2, -0.15) is 0 Å². The number of likely N-dealkylation sites (N-methyl/N-ethyl adjacent to an activating group) is 1. The zero-order valence-electron chi connectivity index (χ0n) is 7.40. The summed E-state index contributed by atoms with van der Waals surface area (Å²) in [5, 5.41) is 17.1. The molecule has 12 heavy (non-hydrogen) atoms. The number of nitrogens with zero attached hydrogens (tertiary/aromatic N) is 1. The Labute approximate surface area is 72.3 Å². The van der Waals surface area contributed by atoms with E-state index in [1.807, 2.05) is 0 Å². The van der Waals surface area contributed by atoms with Gasteiger partial charge in [0.25, 0.3) is 0 Å². The molecule has 0 aromatic heterocycles. The van der Waals surface area contributed by atoms with Crippen molar-refractivity contribution in [2.24, 2.45) is 5.73 Å². The van der Waals surface area contributed by atoms with E-state index in [9.17, 15) is 4.79 Å². The van der Waals surface area contributed by atoms with Crippen molar-refractivity contribution >= 4 is 13.0 Å². The van der Waals surface area contributed by atoms with Crippen LogP contribution in [0.5, 0.6) is 0 Å². The van der Waals surface area contributed by atoms with Gasteiger partial charge in [0, 0.05) is 7.05 Å². The van der Waals surface area contributed by atoms with Gasteiger partial charge in [-0.15, -0.1) is 0 Å². The Morgan fingerprint density at radius 3 is 2.50 bits per heavy atom. The van der Waals surface area contributed by atoms with Gasteiger partial charge in [-0.05, 0) is 6.42 Å². The minimum Gasteiger partial charge on any atom is -0.426 e. The molecule has 1 atom stereocenters. The smallest absolute Gasteiger partial charge is 0.426 e. The van der Waals surface area contributed by atoms with Crippen molar-refractivity contribution in [1.29, 1.82) is 0 Å². The van der Waals surface area contributed by atoms with E-state index < -0.39 is 13.2 Å². The standard InChI is InChI=1S/C6H15BN2O3/c1-3-5(8)6(10)9(2)4-7(11)12/h5,11-12H,3-4,8H2,1-2H3. The number of carbonyl (C=O) groups excluding carboxylic acids is 1. The summed E-state index contributed by atoms with van der Waals surface area (Å²) in [6.07, 6.45) is 0.442. The quantitative estimate of drug-likeness (QED) is 0.438. The van der Waals surface area contributed by atoms with Gasteiger partial charge in [0.1, 0.15) is 0 Å². The van der Waals surface area contributed by atoms with Crippen LogP contribution in [0.1, 0.15) is 13.3 Å². The van der Waals surface area contributed by atoms with Crippen LogP contribution in [-0.2, 0) is 4.79 Å². The van der Waals surface area contributed by atoms with Crippen molar-refractivity contribution in [2.75, 3.05) is 13.5 Å². The third kappa shape index (κ3) is 3.70. The first-order chi connectivity index (χ1) is 5.49. The maximum atomic E-state index is 11.2. The highest BCUT2D eigenvalue weighted by atomic mass is 16.4. The monoisotopic (exact) mass is 174 g/mol. The predicted octanol–water partition coefficient (Wildman–Crippen LogP) is -1.81. The minimum absolute atomic E-state index is 0.105. The molecule has 0 radical (unpaired) electrons. The van der Waals surface area contributed by atoms with Crippen molar-refractivity contribution in [1.82, 2.24) is 4.90 Å². The number of nitrogens with two attached hydrogens (primary N) is 1. The summed E-state index contributed by atoms with van der Waals surface area (Å²) in [5.74, 6) is -0.273. The zero-order chi connectivity index (χ0) is 9.72. The van der Waals surface area contributed by atoms with E-state index in [-0.39, 0.29) is 12.4 Å². The first kappa shape index (κ1) is 11.4. The van der Waals surface area contributed by atoms with Crippen molar-refractivity contribution in [3.8, 4) is 0 Å². The summed E-state index contributed by atoms with van der Waals surface area (Å²) in [6.45, 7) is 1.80. The second-order valence-electron chi connectivity index (χ2n) is 2.71. The lowest BCUT2D eigenvalue weighted by atomic mass is 9.91. The molecular weight excluding hydrogens is 159 g/mol. The minimum atomic E-state index is -1.50. The average Bonchev–Trinajstić information content (AvgIpc) is 2.00. The maximum absolute atomic E-state index is 11.2. The lowest BCUT2D eigenvalue weighted by Crippen LogP contribution is -2.45. The number of hydrogen-bond donors (Lipinski definition) is 3. The van der Waals surface area contributed by atoms with Crippen molar-refractivity contribution in [3.05, 3.63) is 0 Å². The van der Waals surface area contributed by atoms with E-state index in [0.29, 0.717) is 6.42 Å². The Balaban J connectivity index is 3.92. The summed E-state index contributed by atoms with van der Waals surface area (Å²) >= 11 is 0. The van der Waals surface area contributed by atoms with Crippen molar-refractivity contribution in [3.63, 3.8) is 0 Å². The van der Waals surface area contributed by atoms with Crippen LogP contribution in [0.25, 0.3) is 0 Å². The average molecular weight is 174 g/mol. The van der Waals surface area contributed by atoms with E-state index in [4.69, 9.17) is 15.8 Å². The van der Waals surface area contributed by atoms with E-state index in [0.717, 1.165) is 0 Å². The van der Waals surface area contributed by atoms with Crippen LogP contribution < -0.4 is 5.73 Å². The molecular formula is C6H15BN2O3. The van der Waals surface area contributed by atoms with Gasteiger partial charge in [0.15, 0.2) is 0 Å². The second kappa shape index (κ2) is 5.13. The van der Waals surface area contributed by atoms with Gasteiger partial charge < -0.3 is 20.7 Å². The SMILES string of the molecule is CCC(N)C(=O)N(C)CB(O)O. The van der Waals surface area contributed by atoms with Crippen LogP contribution in [0.4, 0.5) is 0 Å². The molecule has 0 heterocycles. The molecule has 0 aliphatic rings. The van der Waals surface area contributed by atoms with Crippen LogP contribution >= 0.6 is 0 Å². The molecule has 0 aliphatic heterocycles. The number of rotatable bonds is 4. The van der Waals surface area contributed by atoms with Gasteiger partial charge >= 0.3 is 7.12 Å². The van der Waals surface area contributed by atoms with Crippen LogP contribution in [0.15, 0.2) is 0 Å². The maximum Gasteiger partial charge on any atom is 0.472 e. The fourth-order valence-electron chi connectivity index (χ4n) is 0.793. The summed E-state index contributed by atoms with van der Waals surface area (Å²) < 4.78 is 0. The summed E-state index contributed by atoms with van der Waals surface area (Å²) in [4.78, 5) is 12.4. The summed E-state index contributed by atoms with van der Waals surface area (Å²) in [7, 11) is -0.0138. The van der Waals surface area contributed by atoms with Crippen LogP contribution in [-0.4, -0.2) is 47.5 Å². The highest BCUT2D eigenvalue weighted by Gasteiger charge is 2.19. The summed E-state index contributed by atoms with van der Waals surface area (Å²) in [5.41, 5.74) is 5.44. The Morgan fingerprint density at radius 2 is 2.17 bits per heavy atom. The zero-order valence-corrected chi connectivity index (χ0v) is 7.40. The lowest BCUT2D eigenvalue weighted by Gasteiger charge is -2.19. The predicted molar refractivity (Wildman–Crippen MR) is 46.1 cm³/mol. The second-order valence-corrected chi connectivity index (χ2v) is 2.71. The highest BCUT2D eigenvalue weighted by Crippen LogP contribution is 1.93. The van der Waals surface area contributed by atoms with Crippen molar-refractivity contribution < 1.29 is 14.8 Å². The molecule has 0 saturated carbocycles. The summed E-state index contributed by atoms with van der Waals surface area (Å²) in [6, 6.07) is -0.547. The number of hydrogen-bond acceptors (Lipinski definition) is 4. The van der Waals surface area contributed by atoms with Gasteiger partial charge in [0.05, 0.1) is 12.5 Å². The topological polar surface area (TPSA) is 86.8 Å². The molecule has 6 heteroatoms. The molecule has 0 aromatic rings. The molecule has 0 aliphatic carbocycles. The van der Waals surface area contributed by atoms with E-state index >= 15 is 0 Å². The largest absolute Gasteiger partial charge is 0.472 e. The molecule has 4 N–H and O–H groups in total. The molecule has 0 bridgehead atoms. The molecule has 0 saturated heterocycles. The molecule has 70 valence electrons. The first-order valence-corrected chi connectivity index (χ1v) is 3.85. The molecule has 0 aromatic carbocycles. The number of carbonyl (C=O) groups is 1. The molecule has 0 fully saturated rings. The highest BCUT2D eigenvalue weighted by molar-refractivity contribution is 6.41. The first-order valence-electron chi connectivity index (χ1n) is 3.85. The molecule has 1 unspecified atom stereocenters. The molecule has 5 nitrogen and oxygen atoms in total. The Bertz CT molecular complexity index is 154. The van der Waals surface area contributed by atoms with Crippen LogP contribution in [0.3, 0.4) is 0 Å². The lowest BCUT2D eigenvalue weighted by molar-refractivity contribution is -0.130. The van der Waals surface area contributed by atoms with Crippen LogP contribution in [0.2, 0.25) is 0 Å². The fraction of sp³-hybridized carbons (Fsp3) is 0.833. The van der Waals surface area contributed by atoms with Crippen molar-refractivity contribution in [2.45, 2.75) is 19.4 Å². The van der Waals surface area contributed by atoms with E-state index in [1.54, 1.807) is 6.92 Å². The van der Waals surface area contributed by atoms with Gasteiger partial charge in [-0.25, -0.2) is 0 Å². The Hall–Kier alpha value is -0.585. The third-order valence-electron chi connectivity index (χ3n) is 1.57. The van der Waals surface area contributed by atoms with Gasteiger partial charge in [-0.3, -0.25) is 4.79 Å². The van der Waals surface area contributed by atoms with E-state index in [1.165, 1.54) is 11.9 Å².